The predicted octanol–water partition coefficient (Wildman–Crippen LogP) is 1.40. The molecule has 0 aromatic rings. The molecule has 0 rings (SSSR count). The molecule has 9 heteroatoms. The van der Waals surface area contributed by atoms with E-state index in [0.29, 0.717) is 6.42 Å². The van der Waals surface area contributed by atoms with Gasteiger partial charge in [-0.05, 0) is 6.42 Å². The second-order valence-corrected chi connectivity index (χ2v) is 4.55. The Kier molecular flexibility index (Phi) is 6.62. The number of rotatable bonds is 7. The van der Waals surface area contributed by atoms with Crippen molar-refractivity contribution in [2.75, 3.05) is 6.61 Å². The molecule has 0 aliphatic carbocycles. The third kappa shape index (κ3) is 6.53. The monoisotopic (exact) mass is 258 g/mol. The van der Waals surface area contributed by atoms with Crippen molar-refractivity contribution in [3.05, 3.63) is 12.7 Å². The van der Waals surface area contributed by atoms with Crippen molar-refractivity contribution in [3.8, 4) is 0 Å². The van der Waals surface area contributed by atoms with E-state index in [0.717, 1.165) is 6.08 Å². The van der Waals surface area contributed by atoms with Crippen LogP contribution in [0.4, 0.5) is 0 Å². The fourth-order valence-electron chi connectivity index (χ4n) is 0.492. The normalized spacial score (nSPS) is 16.4. The molecule has 15 heavy (non-hydrogen) atoms. The maximum atomic E-state index is 11.5. The zero-order valence-corrected chi connectivity index (χ0v) is 9.66. The molecule has 0 aromatic heterocycles. The van der Waals surface area contributed by atoms with E-state index in [1.54, 1.807) is 6.92 Å². The van der Waals surface area contributed by atoms with Gasteiger partial charge < -0.3 is 4.52 Å². The SMILES string of the molecule is C=CC(=O)OP(=O)(OCCC)OS(=O)O. The van der Waals surface area contributed by atoms with Crippen molar-refractivity contribution in [2.24, 2.45) is 0 Å². The Labute approximate surface area is 89.5 Å². The standard InChI is InChI=1S/C6H11O7PS/c1-3-5-11-14(8,13-15(9)10)12-6(7)4-2/h4H,2-3,5H2,1H3,(H,9,10). The smallest absolute Gasteiger partial charge is 0.366 e. The van der Waals surface area contributed by atoms with Crippen LogP contribution in [0.5, 0.6) is 0 Å². The van der Waals surface area contributed by atoms with Gasteiger partial charge in [0.25, 0.3) is 0 Å². The summed E-state index contributed by atoms with van der Waals surface area (Å²) in [5.41, 5.74) is 0. The van der Waals surface area contributed by atoms with E-state index in [1.807, 2.05) is 0 Å². The van der Waals surface area contributed by atoms with Crippen molar-refractivity contribution in [3.63, 3.8) is 0 Å². The molecular formula is C6H11O7PS. The number of phosphoric acid groups is 1. The minimum absolute atomic E-state index is 0.0428. The van der Waals surface area contributed by atoms with Crippen molar-refractivity contribution >= 4 is 25.2 Å². The van der Waals surface area contributed by atoms with Gasteiger partial charge in [-0.3, -0.25) is 9.08 Å². The van der Waals surface area contributed by atoms with Crippen molar-refractivity contribution in [1.82, 2.24) is 0 Å². The summed E-state index contributed by atoms with van der Waals surface area (Å²) < 4.78 is 42.8. The molecule has 0 heterocycles. The molecule has 2 unspecified atom stereocenters. The molecule has 0 saturated carbocycles. The Morgan fingerprint density at radius 2 is 2.27 bits per heavy atom. The zero-order valence-electron chi connectivity index (χ0n) is 7.95. The molecule has 0 amide bonds. The Bertz CT molecular complexity index is 302. The van der Waals surface area contributed by atoms with Crippen LogP contribution in [0.3, 0.4) is 0 Å². The van der Waals surface area contributed by atoms with Gasteiger partial charge in [-0.25, -0.2) is 9.36 Å². The lowest BCUT2D eigenvalue weighted by molar-refractivity contribution is -0.130. The predicted molar refractivity (Wildman–Crippen MR) is 52.0 cm³/mol. The van der Waals surface area contributed by atoms with E-state index in [1.165, 1.54) is 0 Å². The number of carbonyl (C=O) groups excluding carboxylic acids is 1. The summed E-state index contributed by atoms with van der Waals surface area (Å²) in [6.07, 6.45) is 1.20. The average Bonchev–Trinajstić information content (AvgIpc) is 2.13. The van der Waals surface area contributed by atoms with Gasteiger partial charge in [-0.15, -0.1) is 0 Å². The second kappa shape index (κ2) is 6.86. The Morgan fingerprint density at radius 3 is 2.67 bits per heavy atom. The molecule has 7 nitrogen and oxygen atoms in total. The first-order valence-corrected chi connectivity index (χ1v) is 6.34. The summed E-state index contributed by atoms with van der Waals surface area (Å²) in [5.74, 6) is -1.07. The van der Waals surface area contributed by atoms with Crippen molar-refractivity contribution in [2.45, 2.75) is 13.3 Å². The zero-order chi connectivity index (χ0) is 11.9. The first-order chi connectivity index (χ1) is 6.93. The first-order valence-electron chi connectivity index (χ1n) is 3.85. The van der Waals surface area contributed by atoms with Gasteiger partial charge in [-0.1, -0.05) is 13.5 Å². The van der Waals surface area contributed by atoms with Crippen LogP contribution >= 0.6 is 7.82 Å². The Morgan fingerprint density at radius 1 is 1.67 bits per heavy atom. The highest BCUT2D eigenvalue weighted by Crippen LogP contribution is 2.50. The minimum Gasteiger partial charge on any atom is -0.366 e. The third-order valence-corrected chi connectivity index (χ3v) is 3.12. The lowest BCUT2D eigenvalue weighted by Gasteiger charge is -2.13. The van der Waals surface area contributed by atoms with E-state index < -0.39 is 25.2 Å². The van der Waals surface area contributed by atoms with Gasteiger partial charge in [0.05, 0.1) is 6.61 Å². The van der Waals surface area contributed by atoms with E-state index in [2.05, 4.69) is 19.6 Å². The van der Waals surface area contributed by atoms with Crippen LogP contribution in [-0.4, -0.2) is 21.3 Å². The first kappa shape index (κ1) is 14.5. The maximum absolute atomic E-state index is 11.5. The van der Waals surface area contributed by atoms with Gasteiger partial charge in [0, 0.05) is 6.08 Å². The lowest BCUT2D eigenvalue weighted by Crippen LogP contribution is -2.06. The molecule has 88 valence electrons. The fourth-order valence-corrected chi connectivity index (χ4v) is 2.16. The number of hydrogen-bond acceptors (Lipinski definition) is 6. The fraction of sp³-hybridized carbons (Fsp3) is 0.500. The summed E-state index contributed by atoms with van der Waals surface area (Å²) in [4.78, 5) is 10.7. The van der Waals surface area contributed by atoms with Crippen LogP contribution in [0, 0.1) is 0 Å². The van der Waals surface area contributed by atoms with Gasteiger partial charge in [0.2, 0.25) is 0 Å². The molecule has 0 fully saturated rings. The van der Waals surface area contributed by atoms with Crippen LogP contribution < -0.4 is 0 Å². The maximum Gasteiger partial charge on any atom is 0.547 e. The summed E-state index contributed by atoms with van der Waals surface area (Å²) in [6, 6.07) is 0. The quantitative estimate of drug-likeness (QED) is 0.418. The van der Waals surface area contributed by atoms with Gasteiger partial charge in [0.15, 0.2) is 0 Å². The molecule has 1 N–H and O–H groups in total. The molecule has 0 saturated heterocycles. The summed E-state index contributed by atoms with van der Waals surface area (Å²) in [6.45, 7) is 4.72. The van der Waals surface area contributed by atoms with Crippen LogP contribution in [-0.2, 0) is 33.7 Å². The molecular weight excluding hydrogens is 247 g/mol. The highest BCUT2D eigenvalue weighted by molar-refractivity contribution is 7.80. The van der Waals surface area contributed by atoms with Gasteiger partial charge in [-0.2, -0.15) is 8.18 Å². The molecule has 0 bridgehead atoms. The molecule has 0 aliphatic rings. The Hall–Kier alpha value is -0.530. The van der Waals surface area contributed by atoms with E-state index in [4.69, 9.17) is 4.55 Å². The van der Waals surface area contributed by atoms with Gasteiger partial charge >= 0.3 is 25.2 Å². The second-order valence-electron chi connectivity index (χ2n) is 2.19. The summed E-state index contributed by atoms with van der Waals surface area (Å²) in [7, 11) is -4.34. The highest BCUT2D eigenvalue weighted by atomic mass is 32.2. The third-order valence-electron chi connectivity index (χ3n) is 0.977. The van der Waals surface area contributed by atoms with Crippen LogP contribution in [0.2, 0.25) is 0 Å². The van der Waals surface area contributed by atoms with Crippen LogP contribution in [0.1, 0.15) is 13.3 Å². The van der Waals surface area contributed by atoms with Gasteiger partial charge in [0.1, 0.15) is 0 Å². The van der Waals surface area contributed by atoms with E-state index in [-0.39, 0.29) is 6.61 Å². The topological polar surface area (TPSA) is 99.1 Å². The van der Waals surface area contributed by atoms with Crippen molar-refractivity contribution in [1.29, 1.82) is 0 Å². The largest absolute Gasteiger partial charge is 0.547 e. The van der Waals surface area contributed by atoms with E-state index in [9.17, 15) is 13.6 Å². The number of phosphoric ester groups is 1. The van der Waals surface area contributed by atoms with E-state index >= 15 is 0 Å². The van der Waals surface area contributed by atoms with Crippen LogP contribution in [0.15, 0.2) is 12.7 Å². The lowest BCUT2D eigenvalue weighted by atomic mass is 10.5. The summed E-state index contributed by atoms with van der Waals surface area (Å²) in [5, 5.41) is 0. The highest BCUT2D eigenvalue weighted by Gasteiger charge is 2.33. The molecule has 0 aromatic carbocycles. The minimum atomic E-state index is -4.34. The molecule has 0 radical (unpaired) electrons. The van der Waals surface area contributed by atoms with Crippen molar-refractivity contribution < 1.29 is 31.1 Å². The number of hydrogen-bond donors (Lipinski definition) is 1. The average molecular weight is 258 g/mol. The summed E-state index contributed by atoms with van der Waals surface area (Å²) >= 11 is -2.86. The van der Waals surface area contributed by atoms with Crippen LogP contribution in [0.25, 0.3) is 0 Å². The molecule has 2 atom stereocenters. The number of carbonyl (C=O) groups is 1. The molecule has 0 spiro atoms. The Balaban J connectivity index is 4.53. The molecule has 0 aliphatic heterocycles.